The first kappa shape index (κ1) is 21.9. The molecular weight excluding hydrogens is 390 g/mol. The molecule has 4 aliphatic rings. The molecule has 9 atom stereocenters. The van der Waals surface area contributed by atoms with E-state index in [0.717, 1.165) is 50.5 Å². The van der Waals surface area contributed by atoms with Crippen LogP contribution in [0.3, 0.4) is 0 Å². The minimum Gasteiger partial charge on any atom is -0.472 e. The van der Waals surface area contributed by atoms with Crippen LogP contribution in [0.5, 0.6) is 0 Å². The second-order valence-electron chi connectivity index (χ2n) is 11.6. The molecule has 0 radical (unpaired) electrons. The van der Waals surface area contributed by atoms with Gasteiger partial charge in [0.25, 0.3) is 0 Å². The summed E-state index contributed by atoms with van der Waals surface area (Å²) < 4.78 is 11.4. The molecule has 5 nitrogen and oxygen atoms in total. The zero-order chi connectivity index (χ0) is 21.9. The Bertz CT molecular complexity index is 767. The van der Waals surface area contributed by atoms with Gasteiger partial charge in [-0.3, -0.25) is 0 Å². The largest absolute Gasteiger partial charge is 0.472 e. The predicted octanol–water partition coefficient (Wildman–Crippen LogP) is 4.21. The van der Waals surface area contributed by atoms with E-state index < -0.39 is 5.60 Å². The van der Waals surface area contributed by atoms with E-state index in [-0.39, 0.29) is 23.0 Å². The van der Waals surface area contributed by atoms with Gasteiger partial charge in [0.1, 0.15) is 0 Å². The number of nitrogens with two attached hydrogens (primary N) is 1. The van der Waals surface area contributed by atoms with Gasteiger partial charge in [0.15, 0.2) is 0 Å². The normalized spacial score (nSPS) is 49.3. The third-order valence-corrected chi connectivity index (χ3v) is 10.5. The summed E-state index contributed by atoms with van der Waals surface area (Å²) in [5.41, 5.74) is 5.88. The van der Waals surface area contributed by atoms with Crippen molar-refractivity contribution in [1.82, 2.24) is 0 Å². The van der Waals surface area contributed by atoms with Gasteiger partial charge in [-0.05, 0) is 99.5 Å². The van der Waals surface area contributed by atoms with Crippen molar-refractivity contribution in [2.24, 2.45) is 40.2 Å². The number of rotatable bonds is 5. The van der Waals surface area contributed by atoms with Crippen molar-refractivity contribution in [3.63, 3.8) is 0 Å². The lowest BCUT2D eigenvalue weighted by atomic mass is 9.44. The topological polar surface area (TPSA) is 88.9 Å². The van der Waals surface area contributed by atoms with E-state index in [0.29, 0.717) is 36.8 Å². The van der Waals surface area contributed by atoms with E-state index in [9.17, 15) is 10.2 Å². The molecule has 0 saturated heterocycles. The van der Waals surface area contributed by atoms with Crippen LogP contribution < -0.4 is 5.73 Å². The van der Waals surface area contributed by atoms with Crippen LogP contribution in [0.25, 0.3) is 0 Å². The van der Waals surface area contributed by atoms with Crippen LogP contribution in [0.15, 0.2) is 23.0 Å². The molecule has 0 bridgehead atoms. The van der Waals surface area contributed by atoms with Crippen LogP contribution in [-0.4, -0.2) is 35.6 Å². The predicted molar refractivity (Wildman–Crippen MR) is 119 cm³/mol. The lowest BCUT2D eigenvalue weighted by Gasteiger charge is -2.62. The summed E-state index contributed by atoms with van der Waals surface area (Å²) in [6, 6.07) is 1.96. The van der Waals surface area contributed by atoms with E-state index >= 15 is 0 Å². The molecule has 0 aliphatic heterocycles. The van der Waals surface area contributed by atoms with E-state index in [4.69, 9.17) is 14.9 Å². The molecular formula is C26H41NO4. The lowest BCUT2D eigenvalue weighted by molar-refractivity contribution is -0.186. The molecule has 0 spiro atoms. The number of hydrogen-bond acceptors (Lipinski definition) is 5. The minimum atomic E-state index is -0.776. The quantitative estimate of drug-likeness (QED) is 0.608. The van der Waals surface area contributed by atoms with Crippen LogP contribution >= 0.6 is 0 Å². The van der Waals surface area contributed by atoms with E-state index in [1.54, 1.807) is 12.5 Å². The van der Waals surface area contributed by atoms with Crippen molar-refractivity contribution >= 4 is 0 Å². The van der Waals surface area contributed by atoms with Crippen LogP contribution in [0.2, 0.25) is 0 Å². The Labute approximate surface area is 186 Å². The van der Waals surface area contributed by atoms with Crippen molar-refractivity contribution in [2.45, 2.75) is 89.4 Å². The minimum absolute atomic E-state index is 0.0345. The Hall–Kier alpha value is -0.880. The molecule has 4 fully saturated rings. The van der Waals surface area contributed by atoms with Gasteiger partial charge in [-0.15, -0.1) is 0 Å². The Kier molecular flexibility index (Phi) is 5.56. The summed E-state index contributed by atoms with van der Waals surface area (Å²) in [6.45, 7) is 6.08. The van der Waals surface area contributed by atoms with Gasteiger partial charge >= 0.3 is 0 Å². The molecule has 4 saturated carbocycles. The number of furan rings is 1. The molecule has 4 aliphatic carbocycles. The maximum Gasteiger partial charge on any atom is 0.0983 e. The standard InChI is InChI=1S/C26H41NO4/c1-24-15-22(28)23(31-12-3-11-27)14-17(24)4-5-19-20(24)6-9-25(2)21(19)7-10-26(25,29)18-8-13-30-16-18/h8,13,16-17,19-23,28-29H,3-7,9-12,14-15,27H2,1-2H3/t17?,19-,20-,21+,22?,23?,24+,25+,26?/m1/s1. The number of aliphatic hydroxyl groups is 2. The van der Waals surface area contributed by atoms with Crippen LogP contribution in [0.1, 0.15) is 77.2 Å². The third kappa shape index (κ3) is 3.18. The molecule has 5 heteroatoms. The summed E-state index contributed by atoms with van der Waals surface area (Å²) >= 11 is 0. The number of aliphatic hydroxyl groups excluding tert-OH is 1. The molecule has 4 N–H and O–H groups in total. The molecule has 174 valence electrons. The zero-order valence-electron chi connectivity index (χ0n) is 19.3. The average molecular weight is 432 g/mol. The van der Waals surface area contributed by atoms with Gasteiger partial charge in [0, 0.05) is 17.6 Å². The molecule has 1 heterocycles. The van der Waals surface area contributed by atoms with Gasteiger partial charge in [-0.2, -0.15) is 0 Å². The summed E-state index contributed by atoms with van der Waals surface area (Å²) in [4.78, 5) is 0. The van der Waals surface area contributed by atoms with Gasteiger partial charge in [0.05, 0.1) is 30.3 Å². The van der Waals surface area contributed by atoms with Crippen LogP contribution in [0.4, 0.5) is 0 Å². The average Bonchev–Trinajstić information content (AvgIpc) is 3.36. The van der Waals surface area contributed by atoms with Crippen molar-refractivity contribution in [1.29, 1.82) is 0 Å². The fourth-order valence-corrected chi connectivity index (χ4v) is 8.75. The second kappa shape index (κ2) is 7.86. The Morgan fingerprint density at radius 1 is 1.16 bits per heavy atom. The summed E-state index contributed by atoms with van der Waals surface area (Å²) in [5, 5.41) is 22.8. The first-order chi connectivity index (χ1) is 14.8. The van der Waals surface area contributed by atoms with Crippen molar-refractivity contribution < 1.29 is 19.4 Å². The van der Waals surface area contributed by atoms with Crippen molar-refractivity contribution in [2.75, 3.05) is 13.2 Å². The van der Waals surface area contributed by atoms with Crippen LogP contribution in [-0.2, 0) is 10.3 Å². The molecule has 4 unspecified atom stereocenters. The maximum atomic E-state index is 11.8. The maximum absolute atomic E-state index is 11.8. The highest BCUT2D eigenvalue weighted by atomic mass is 16.5. The summed E-state index contributed by atoms with van der Waals surface area (Å²) in [6.07, 6.45) is 12.3. The van der Waals surface area contributed by atoms with E-state index in [1.165, 1.54) is 12.8 Å². The third-order valence-electron chi connectivity index (χ3n) is 10.5. The van der Waals surface area contributed by atoms with E-state index in [2.05, 4.69) is 13.8 Å². The summed E-state index contributed by atoms with van der Waals surface area (Å²) in [5.74, 6) is 2.44. The molecule has 31 heavy (non-hydrogen) atoms. The first-order valence-corrected chi connectivity index (χ1v) is 12.6. The lowest BCUT2D eigenvalue weighted by Crippen LogP contribution is -2.58. The zero-order valence-corrected chi connectivity index (χ0v) is 19.3. The highest BCUT2D eigenvalue weighted by Gasteiger charge is 2.65. The number of ether oxygens (including phenoxy) is 1. The second-order valence-corrected chi connectivity index (χ2v) is 11.6. The molecule has 1 aromatic rings. The highest BCUT2D eigenvalue weighted by molar-refractivity contribution is 5.26. The molecule has 0 aromatic carbocycles. The highest BCUT2D eigenvalue weighted by Crippen LogP contribution is 2.70. The van der Waals surface area contributed by atoms with Crippen molar-refractivity contribution in [3.8, 4) is 0 Å². The fourth-order valence-electron chi connectivity index (χ4n) is 8.75. The van der Waals surface area contributed by atoms with Gasteiger partial charge in [0.2, 0.25) is 0 Å². The first-order valence-electron chi connectivity index (χ1n) is 12.6. The molecule has 0 amide bonds. The van der Waals surface area contributed by atoms with Crippen molar-refractivity contribution in [3.05, 3.63) is 24.2 Å². The van der Waals surface area contributed by atoms with Gasteiger partial charge in [-0.25, -0.2) is 0 Å². The SMILES string of the molecule is C[C@]12CC(O)C(OCCCN)CC1CC[C@@H]1[C@H]2CC[C@@]2(C)[C@H]1CCC2(O)c1ccoc1. The number of hydrogen-bond donors (Lipinski definition) is 3. The molecule has 1 aromatic heterocycles. The number of fused-ring (bicyclic) bond motifs is 5. The van der Waals surface area contributed by atoms with Gasteiger partial charge < -0.3 is 25.1 Å². The summed E-state index contributed by atoms with van der Waals surface area (Å²) in [7, 11) is 0. The Balaban J connectivity index is 1.36. The monoisotopic (exact) mass is 431 g/mol. The van der Waals surface area contributed by atoms with Gasteiger partial charge in [-0.1, -0.05) is 13.8 Å². The Morgan fingerprint density at radius 3 is 2.71 bits per heavy atom. The smallest absolute Gasteiger partial charge is 0.0983 e. The molecule has 5 rings (SSSR count). The fraction of sp³-hybridized carbons (Fsp3) is 0.846. The van der Waals surface area contributed by atoms with E-state index in [1.807, 2.05) is 6.07 Å². The van der Waals surface area contributed by atoms with Crippen LogP contribution in [0, 0.1) is 34.5 Å². The Morgan fingerprint density at radius 2 is 1.97 bits per heavy atom.